The highest BCUT2D eigenvalue weighted by atomic mass is 32.2. The number of pyridine rings is 1. The van der Waals surface area contributed by atoms with Gasteiger partial charge in [-0.2, -0.15) is 5.10 Å². The summed E-state index contributed by atoms with van der Waals surface area (Å²) in [5.41, 5.74) is 1.20. The molecule has 3 heterocycles. The molecule has 2 aromatic heterocycles. The van der Waals surface area contributed by atoms with Crippen molar-refractivity contribution in [2.24, 2.45) is 0 Å². The number of benzene rings is 1. The summed E-state index contributed by atoms with van der Waals surface area (Å²) < 4.78 is 46.4. The Morgan fingerprint density at radius 1 is 1.17 bits per heavy atom. The number of nitrogens with one attached hydrogen (secondary N) is 1. The molecule has 0 atom stereocenters. The van der Waals surface area contributed by atoms with Gasteiger partial charge >= 0.3 is 0 Å². The molecule has 1 N–H and O–H groups in total. The number of hydrogen-bond donors (Lipinski definition) is 1. The van der Waals surface area contributed by atoms with E-state index in [4.69, 9.17) is 14.2 Å². The number of amides is 1. The molecule has 3 aromatic rings. The molecule has 11 heteroatoms. The predicted octanol–water partition coefficient (Wildman–Crippen LogP) is 2.53. The van der Waals surface area contributed by atoms with Crippen LogP contribution in [-0.4, -0.2) is 56.5 Å². The molecule has 1 fully saturated rings. The minimum absolute atomic E-state index is 0.0962. The van der Waals surface area contributed by atoms with E-state index in [9.17, 15) is 13.2 Å². The van der Waals surface area contributed by atoms with E-state index in [2.05, 4.69) is 21.7 Å². The average molecular weight is 501 g/mol. The maximum atomic E-state index is 13.3. The van der Waals surface area contributed by atoms with Crippen LogP contribution in [0, 0.1) is 0 Å². The third-order valence-electron chi connectivity index (χ3n) is 6.23. The van der Waals surface area contributed by atoms with E-state index in [0.29, 0.717) is 25.3 Å². The van der Waals surface area contributed by atoms with Crippen LogP contribution < -0.4 is 14.2 Å². The minimum atomic E-state index is -4.26. The molecule has 1 aliphatic rings. The highest BCUT2D eigenvalue weighted by Gasteiger charge is 2.32. The van der Waals surface area contributed by atoms with E-state index in [1.54, 1.807) is 41.3 Å². The number of nitrogens with zero attached hydrogens (tertiary/aromatic N) is 3. The fraction of sp³-hybridized carbons (Fsp3) is 0.375. The second-order valence-corrected chi connectivity index (χ2v) is 10.2. The van der Waals surface area contributed by atoms with Crippen molar-refractivity contribution < 1.29 is 27.4 Å². The molecule has 0 radical (unpaired) electrons. The molecule has 0 unspecified atom stereocenters. The van der Waals surface area contributed by atoms with Crippen molar-refractivity contribution in [3.05, 3.63) is 65.6 Å². The zero-order valence-electron chi connectivity index (χ0n) is 19.9. The molecule has 0 aliphatic carbocycles. The zero-order chi connectivity index (χ0) is 25.1. The number of hydrogen-bond acceptors (Lipinski definition) is 8. The lowest BCUT2D eigenvalue weighted by Crippen LogP contribution is -2.33. The summed E-state index contributed by atoms with van der Waals surface area (Å²) in [7, 11) is -1.44. The number of methoxy groups -OCH3 is 2. The molecule has 1 amide bonds. The van der Waals surface area contributed by atoms with Crippen LogP contribution in [0.15, 0.2) is 53.7 Å². The second kappa shape index (κ2) is 10.0. The fourth-order valence-corrected chi connectivity index (χ4v) is 5.22. The van der Waals surface area contributed by atoms with Crippen LogP contribution in [0.3, 0.4) is 0 Å². The zero-order valence-corrected chi connectivity index (χ0v) is 20.7. The van der Waals surface area contributed by atoms with E-state index >= 15 is 0 Å². The Kier molecular flexibility index (Phi) is 7.08. The van der Waals surface area contributed by atoms with Gasteiger partial charge in [0.25, 0.3) is 15.9 Å². The van der Waals surface area contributed by atoms with Crippen molar-refractivity contribution in [1.29, 1.82) is 0 Å². The van der Waals surface area contributed by atoms with Crippen LogP contribution in [0.2, 0.25) is 0 Å². The van der Waals surface area contributed by atoms with Crippen LogP contribution in [0.25, 0.3) is 0 Å². The Morgan fingerprint density at radius 2 is 1.94 bits per heavy atom. The molecule has 1 aromatic carbocycles. The maximum absolute atomic E-state index is 13.3. The molecule has 0 bridgehead atoms. The SMILES string of the molecule is COc1ccc(C2(C)CCOCC2)cc1S(=O)(=O)NC(=O)c1ccc(Cn2cccn2)c(OC)n1. The Hall–Kier alpha value is -3.44. The molecule has 35 heavy (non-hydrogen) atoms. The van der Waals surface area contributed by atoms with Gasteiger partial charge in [-0.15, -0.1) is 0 Å². The first kappa shape index (κ1) is 24.7. The molecular weight excluding hydrogens is 472 g/mol. The van der Waals surface area contributed by atoms with Gasteiger partial charge in [-0.05, 0) is 54.2 Å². The van der Waals surface area contributed by atoms with E-state index in [1.165, 1.54) is 20.3 Å². The summed E-state index contributed by atoms with van der Waals surface area (Å²) in [4.78, 5) is 17.0. The molecular formula is C24H28N4O6S. The van der Waals surface area contributed by atoms with Gasteiger partial charge in [0.1, 0.15) is 16.3 Å². The monoisotopic (exact) mass is 500 g/mol. The predicted molar refractivity (Wildman–Crippen MR) is 127 cm³/mol. The number of aromatic nitrogens is 3. The van der Waals surface area contributed by atoms with Crippen molar-refractivity contribution in [1.82, 2.24) is 19.5 Å². The van der Waals surface area contributed by atoms with Crippen molar-refractivity contribution in [2.45, 2.75) is 36.6 Å². The highest BCUT2D eigenvalue weighted by molar-refractivity contribution is 7.90. The smallest absolute Gasteiger partial charge is 0.283 e. The molecule has 186 valence electrons. The molecule has 10 nitrogen and oxygen atoms in total. The number of carbonyl (C=O) groups is 1. The van der Waals surface area contributed by atoms with E-state index in [1.807, 2.05) is 6.07 Å². The molecule has 4 rings (SSSR count). The van der Waals surface area contributed by atoms with Crippen LogP contribution in [0.5, 0.6) is 11.6 Å². The molecule has 0 saturated carbocycles. The van der Waals surface area contributed by atoms with Gasteiger partial charge in [-0.25, -0.2) is 18.1 Å². The first-order valence-electron chi connectivity index (χ1n) is 11.1. The highest BCUT2D eigenvalue weighted by Crippen LogP contribution is 2.37. The topological polar surface area (TPSA) is 122 Å². The summed E-state index contributed by atoms with van der Waals surface area (Å²) in [5.74, 6) is -0.527. The van der Waals surface area contributed by atoms with E-state index < -0.39 is 15.9 Å². The maximum Gasteiger partial charge on any atom is 0.283 e. The molecule has 1 aliphatic heterocycles. The normalized spacial score (nSPS) is 15.4. The van der Waals surface area contributed by atoms with Crippen molar-refractivity contribution in [3.8, 4) is 11.6 Å². The lowest BCUT2D eigenvalue weighted by molar-refractivity contribution is 0.0563. The molecule has 1 saturated heterocycles. The van der Waals surface area contributed by atoms with Gasteiger partial charge in [0, 0.05) is 31.2 Å². The standard InChI is InChI=1S/C24H28N4O6S/c1-24(9-13-34-14-10-24)18-6-8-20(32-2)21(15-18)35(30,31)27-22(29)19-7-5-17(23(26-19)33-3)16-28-12-4-11-25-28/h4-8,11-12,15H,9-10,13-14,16H2,1-3H3,(H,27,29). The summed E-state index contributed by atoms with van der Waals surface area (Å²) in [5, 5.41) is 4.14. The quantitative estimate of drug-likeness (QED) is 0.501. The van der Waals surface area contributed by atoms with Crippen LogP contribution in [0.1, 0.15) is 41.4 Å². The summed E-state index contributed by atoms with van der Waals surface area (Å²) in [6.07, 6.45) is 4.96. The summed E-state index contributed by atoms with van der Waals surface area (Å²) in [6, 6.07) is 9.93. The van der Waals surface area contributed by atoms with Gasteiger partial charge in [-0.3, -0.25) is 9.48 Å². The van der Waals surface area contributed by atoms with Gasteiger partial charge in [-0.1, -0.05) is 13.0 Å². The average Bonchev–Trinajstić information content (AvgIpc) is 3.37. The van der Waals surface area contributed by atoms with Gasteiger partial charge < -0.3 is 14.2 Å². The van der Waals surface area contributed by atoms with Crippen molar-refractivity contribution in [2.75, 3.05) is 27.4 Å². The number of sulfonamides is 1. The third-order valence-corrected chi connectivity index (χ3v) is 7.58. The van der Waals surface area contributed by atoms with E-state index in [0.717, 1.165) is 18.4 Å². The van der Waals surface area contributed by atoms with Crippen LogP contribution in [0.4, 0.5) is 0 Å². The number of carbonyl (C=O) groups excluding carboxylic acids is 1. The first-order chi connectivity index (χ1) is 16.8. The minimum Gasteiger partial charge on any atom is -0.495 e. The van der Waals surface area contributed by atoms with E-state index in [-0.39, 0.29) is 27.6 Å². The Morgan fingerprint density at radius 3 is 2.60 bits per heavy atom. The lowest BCUT2D eigenvalue weighted by atomic mass is 9.76. The molecule has 0 spiro atoms. The first-order valence-corrected chi connectivity index (χ1v) is 12.6. The van der Waals surface area contributed by atoms with Crippen LogP contribution in [-0.2, 0) is 26.7 Å². The fourth-order valence-electron chi connectivity index (χ4n) is 4.06. The third kappa shape index (κ3) is 5.30. The Labute approximate surface area is 204 Å². The number of rotatable bonds is 8. The Bertz CT molecular complexity index is 1300. The van der Waals surface area contributed by atoms with Gasteiger partial charge in [0.15, 0.2) is 0 Å². The summed E-state index contributed by atoms with van der Waals surface area (Å²) >= 11 is 0. The Balaban J connectivity index is 1.60. The van der Waals surface area contributed by atoms with Crippen molar-refractivity contribution in [3.63, 3.8) is 0 Å². The van der Waals surface area contributed by atoms with Gasteiger partial charge in [0.05, 0.1) is 20.8 Å². The van der Waals surface area contributed by atoms with Gasteiger partial charge in [0.2, 0.25) is 5.88 Å². The van der Waals surface area contributed by atoms with Crippen molar-refractivity contribution >= 4 is 15.9 Å². The number of ether oxygens (including phenoxy) is 3. The largest absolute Gasteiger partial charge is 0.495 e. The van der Waals surface area contributed by atoms with Crippen LogP contribution >= 0.6 is 0 Å². The lowest BCUT2D eigenvalue weighted by Gasteiger charge is -2.34. The second-order valence-electron chi connectivity index (χ2n) is 8.54. The summed E-state index contributed by atoms with van der Waals surface area (Å²) in [6.45, 7) is 3.67.